The number of phosphoric acid groups is 1. The highest BCUT2D eigenvalue weighted by molar-refractivity contribution is 7.47. The van der Waals surface area contributed by atoms with Crippen molar-refractivity contribution in [2.24, 2.45) is 5.73 Å². The van der Waals surface area contributed by atoms with Crippen LogP contribution < -0.4 is 5.73 Å². The molecule has 0 fully saturated rings. The van der Waals surface area contributed by atoms with Crippen LogP contribution >= 0.6 is 7.82 Å². The van der Waals surface area contributed by atoms with E-state index in [2.05, 4.69) is 86.8 Å². The Hall–Kier alpha value is -2.06. The first-order chi connectivity index (χ1) is 25.4. The van der Waals surface area contributed by atoms with E-state index in [0.717, 1.165) is 89.9 Å². The monoisotopic (exact) mass is 750 g/mol. The quantitative estimate of drug-likeness (QED) is 0.0277. The van der Waals surface area contributed by atoms with Crippen molar-refractivity contribution in [1.82, 2.24) is 0 Å². The fraction of sp³-hybridized carbons (Fsp3) is 0.698. The van der Waals surface area contributed by atoms with Gasteiger partial charge in [0, 0.05) is 19.6 Å². The average Bonchev–Trinajstić information content (AvgIpc) is 3.13. The number of hydrogen-bond donors (Lipinski definition) is 2. The number of allylic oxidation sites excluding steroid dienone is 12. The van der Waals surface area contributed by atoms with Gasteiger partial charge in [-0.3, -0.25) is 13.8 Å². The van der Waals surface area contributed by atoms with E-state index >= 15 is 0 Å². The number of unbranched alkanes of at least 4 members (excludes halogenated alkanes) is 13. The van der Waals surface area contributed by atoms with Crippen molar-refractivity contribution in [2.45, 2.75) is 161 Å². The summed E-state index contributed by atoms with van der Waals surface area (Å²) >= 11 is 0. The Labute approximate surface area is 318 Å². The Morgan fingerprint density at radius 3 is 1.63 bits per heavy atom. The van der Waals surface area contributed by atoms with Crippen molar-refractivity contribution in [3.63, 3.8) is 0 Å². The number of nitrogens with two attached hydrogens (primary N) is 1. The van der Waals surface area contributed by atoms with Crippen molar-refractivity contribution in [1.29, 1.82) is 0 Å². The average molecular weight is 750 g/mol. The molecule has 9 heteroatoms. The maximum Gasteiger partial charge on any atom is 0.472 e. The molecule has 0 aromatic heterocycles. The van der Waals surface area contributed by atoms with E-state index in [1.807, 2.05) is 0 Å². The first-order valence-corrected chi connectivity index (χ1v) is 21.9. The number of carbonyl (C=O) groups excluding carboxylic acids is 1. The lowest BCUT2D eigenvalue weighted by Gasteiger charge is -2.20. The van der Waals surface area contributed by atoms with Gasteiger partial charge in [-0.15, -0.1) is 0 Å². The minimum Gasteiger partial charge on any atom is -0.457 e. The molecule has 300 valence electrons. The number of hydrogen-bond acceptors (Lipinski definition) is 7. The summed E-state index contributed by atoms with van der Waals surface area (Å²) in [5.41, 5.74) is 5.35. The summed E-state index contributed by atoms with van der Waals surface area (Å²) in [5, 5.41) is 0. The number of esters is 1. The summed E-state index contributed by atoms with van der Waals surface area (Å²) in [6.07, 6.45) is 49.2. The second kappa shape index (κ2) is 40.1. The van der Waals surface area contributed by atoms with E-state index in [4.69, 9.17) is 24.3 Å². The predicted octanol–water partition coefficient (Wildman–Crippen LogP) is 12.0. The minimum absolute atomic E-state index is 0.0927. The SMILES string of the molecule is CC/C=C\C/C=C\C/C=C\C/C=C\C/C=C\CCCCCCCCOCC(COP(=O)(O)OCCN)OC(=O)CCCCCCC/C=C\CCCC. The third-order valence-corrected chi connectivity index (χ3v) is 9.09. The van der Waals surface area contributed by atoms with Crippen molar-refractivity contribution in [3.05, 3.63) is 72.9 Å². The molecule has 0 saturated carbocycles. The molecule has 0 spiro atoms. The maximum atomic E-state index is 12.5. The van der Waals surface area contributed by atoms with Crippen molar-refractivity contribution in [3.8, 4) is 0 Å². The van der Waals surface area contributed by atoms with Gasteiger partial charge in [0.05, 0.1) is 19.8 Å². The van der Waals surface area contributed by atoms with Gasteiger partial charge < -0.3 is 20.1 Å². The van der Waals surface area contributed by atoms with E-state index in [0.29, 0.717) is 13.0 Å². The minimum atomic E-state index is -4.28. The smallest absolute Gasteiger partial charge is 0.457 e. The van der Waals surface area contributed by atoms with Gasteiger partial charge in [0.2, 0.25) is 0 Å². The largest absolute Gasteiger partial charge is 0.472 e. The lowest BCUT2D eigenvalue weighted by molar-refractivity contribution is -0.154. The van der Waals surface area contributed by atoms with Crippen molar-refractivity contribution in [2.75, 3.05) is 33.0 Å². The van der Waals surface area contributed by atoms with Gasteiger partial charge in [0.25, 0.3) is 0 Å². The van der Waals surface area contributed by atoms with Gasteiger partial charge in [-0.1, -0.05) is 145 Å². The Morgan fingerprint density at radius 1 is 0.596 bits per heavy atom. The van der Waals surface area contributed by atoms with Crippen LogP contribution in [-0.2, 0) is 27.9 Å². The zero-order valence-corrected chi connectivity index (χ0v) is 33.9. The molecule has 3 N–H and O–H groups in total. The number of phosphoric ester groups is 1. The van der Waals surface area contributed by atoms with Crippen LogP contribution in [0, 0.1) is 0 Å². The Kier molecular flexibility index (Phi) is 38.5. The van der Waals surface area contributed by atoms with Crippen LogP contribution in [-0.4, -0.2) is 49.9 Å². The number of ether oxygens (including phenoxy) is 2. The molecule has 0 amide bonds. The molecule has 0 aromatic rings. The highest BCUT2D eigenvalue weighted by Gasteiger charge is 2.25. The highest BCUT2D eigenvalue weighted by atomic mass is 31.2. The predicted molar refractivity (Wildman–Crippen MR) is 219 cm³/mol. The summed E-state index contributed by atoms with van der Waals surface area (Å²) in [6.45, 7) is 4.69. The fourth-order valence-electron chi connectivity index (χ4n) is 5.12. The van der Waals surface area contributed by atoms with E-state index in [1.165, 1.54) is 44.9 Å². The van der Waals surface area contributed by atoms with E-state index in [-0.39, 0.29) is 32.3 Å². The topological polar surface area (TPSA) is 117 Å². The summed E-state index contributed by atoms with van der Waals surface area (Å²) < 4.78 is 33.3. The molecule has 52 heavy (non-hydrogen) atoms. The third kappa shape index (κ3) is 39.2. The number of rotatable bonds is 38. The van der Waals surface area contributed by atoms with Crippen LogP contribution in [0.5, 0.6) is 0 Å². The summed E-state index contributed by atoms with van der Waals surface area (Å²) in [7, 11) is -4.28. The molecular formula is C43H76NO7P. The van der Waals surface area contributed by atoms with Crippen LogP contribution in [0.25, 0.3) is 0 Å². The first-order valence-electron chi connectivity index (χ1n) is 20.4. The second-order valence-electron chi connectivity index (χ2n) is 13.1. The summed E-state index contributed by atoms with van der Waals surface area (Å²) in [4.78, 5) is 22.4. The Bertz CT molecular complexity index is 1020. The number of carbonyl (C=O) groups is 1. The zero-order valence-electron chi connectivity index (χ0n) is 33.0. The first kappa shape index (κ1) is 49.9. The van der Waals surface area contributed by atoms with Gasteiger partial charge in [0.1, 0.15) is 6.10 Å². The highest BCUT2D eigenvalue weighted by Crippen LogP contribution is 2.43. The molecule has 0 heterocycles. The van der Waals surface area contributed by atoms with Crippen LogP contribution in [0.2, 0.25) is 0 Å². The third-order valence-electron chi connectivity index (χ3n) is 8.11. The molecule has 0 bridgehead atoms. The zero-order chi connectivity index (χ0) is 38.1. The molecule has 2 atom stereocenters. The normalized spacial score (nSPS) is 14.3. The van der Waals surface area contributed by atoms with Crippen LogP contribution in [0.15, 0.2) is 72.9 Å². The molecule has 0 aromatic carbocycles. The Morgan fingerprint density at radius 2 is 1.08 bits per heavy atom. The maximum absolute atomic E-state index is 12.5. The molecule has 0 aliphatic rings. The molecule has 0 saturated heterocycles. The molecule has 0 radical (unpaired) electrons. The molecule has 0 rings (SSSR count). The van der Waals surface area contributed by atoms with Gasteiger partial charge in [-0.25, -0.2) is 4.57 Å². The van der Waals surface area contributed by atoms with Gasteiger partial charge in [-0.05, 0) is 77.0 Å². The second-order valence-corrected chi connectivity index (χ2v) is 14.6. The van der Waals surface area contributed by atoms with Crippen LogP contribution in [0.1, 0.15) is 155 Å². The molecule has 0 aliphatic heterocycles. The molecule has 0 aliphatic carbocycles. The van der Waals surface area contributed by atoms with Crippen LogP contribution in [0.4, 0.5) is 0 Å². The lowest BCUT2D eigenvalue weighted by atomic mass is 10.1. The molecule has 8 nitrogen and oxygen atoms in total. The van der Waals surface area contributed by atoms with E-state index in [1.54, 1.807) is 0 Å². The van der Waals surface area contributed by atoms with E-state index < -0.39 is 13.9 Å². The van der Waals surface area contributed by atoms with E-state index in [9.17, 15) is 14.3 Å². The fourth-order valence-corrected chi connectivity index (χ4v) is 5.89. The molecule has 2 unspecified atom stereocenters. The summed E-state index contributed by atoms with van der Waals surface area (Å²) in [6, 6.07) is 0. The van der Waals surface area contributed by atoms with Crippen molar-refractivity contribution < 1.29 is 32.8 Å². The van der Waals surface area contributed by atoms with Gasteiger partial charge >= 0.3 is 13.8 Å². The summed E-state index contributed by atoms with van der Waals surface area (Å²) in [5.74, 6) is -0.351. The van der Waals surface area contributed by atoms with Gasteiger partial charge in [0.15, 0.2) is 0 Å². The van der Waals surface area contributed by atoms with Crippen LogP contribution in [0.3, 0.4) is 0 Å². The standard InChI is InChI=1S/C43H76NO7P/c1-3-5-7-9-11-13-15-16-17-18-19-20-21-22-23-24-25-27-29-31-33-35-38-48-40-42(41-50-52(46,47)49-39-37-44)51-43(45)36-34-32-30-28-26-14-12-10-8-6-4-2/h5,7,10-13,16-17,19-20,22-23,42H,3-4,6,8-9,14-15,18,21,24-41,44H2,1-2H3,(H,46,47)/b7-5-,12-10-,13-11-,17-16-,20-19-,23-22-. The van der Waals surface area contributed by atoms with Gasteiger partial charge in [-0.2, -0.15) is 0 Å². The molecular weight excluding hydrogens is 673 g/mol. The Balaban J connectivity index is 4.07. The lowest BCUT2D eigenvalue weighted by Crippen LogP contribution is -2.28. The van der Waals surface area contributed by atoms with Crippen molar-refractivity contribution >= 4 is 13.8 Å².